The van der Waals surface area contributed by atoms with Gasteiger partial charge in [0, 0.05) is 47.7 Å². The van der Waals surface area contributed by atoms with Crippen molar-refractivity contribution < 1.29 is 29.4 Å². The number of hydrogen-bond acceptors (Lipinski definition) is 5. The molecule has 1 aromatic heterocycles. The Balaban J connectivity index is 0.000000521. The SMILES string of the molecule is Cc1c(CC(=O)NCCCCCCCC(=O)O)c2cc(O)ccc2n1C(=O)c1ccc(Cl)cc1.NC(=O)N1CCCC1. The highest BCUT2D eigenvalue weighted by molar-refractivity contribution is 6.30. The average Bonchev–Trinajstić information content (AvgIpc) is 3.58. The third-order valence-electron chi connectivity index (χ3n) is 7.26. The molecule has 0 aliphatic carbocycles. The van der Waals surface area contributed by atoms with E-state index in [0.717, 1.165) is 51.6 Å². The molecule has 0 spiro atoms. The average molecular weight is 599 g/mol. The number of phenols is 1. The van der Waals surface area contributed by atoms with Crippen molar-refractivity contribution in [1.29, 1.82) is 0 Å². The van der Waals surface area contributed by atoms with Gasteiger partial charge in [0.1, 0.15) is 5.75 Å². The maximum absolute atomic E-state index is 13.3. The molecule has 3 aromatic rings. The second kappa shape index (κ2) is 15.8. The topological polar surface area (TPSA) is 155 Å². The molecule has 0 bridgehead atoms. The fourth-order valence-electron chi connectivity index (χ4n) is 5.00. The molecule has 1 saturated heterocycles. The maximum Gasteiger partial charge on any atom is 0.314 e. The van der Waals surface area contributed by atoms with Crippen LogP contribution in [0.3, 0.4) is 0 Å². The van der Waals surface area contributed by atoms with E-state index in [-0.39, 0.29) is 36.4 Å². The fraction of sp³-hybridized carbons (Fsp3) is 0.419. The molecule has 2 aromatic carbocycles. The summed E-state index contributed by atoms with van der Waals surface area (Å²) >= 11 is 5.95. The standard InChI is InChI=1S/C26H29ClN2O5.C5H10N2O/c1-17-21(16-24(31)28-14-6-4-2-3-5-7-25(32)33)22-15-20(30)12-13-23(22)29(17)26(34)18-8-10-19(27)11-9-18;6-5(8)7-3-1-2-4-7/h8-13,15,30H,2-7,14,16H2,1H3,(H,28,31)(H,32,33);1-4H2,(H2,6,8). The van der Waals surface area contributed by atoms with Crippen LogP contribution in [0.2, 0.25) is 5.02 Å². The minimum absolute atomic E-state index is 0.0631. The number of rotatable bonds is 11. The Labute approximate surface area is 250 Å². The van der Waals surface area contributed by atoms with Crippen molar-refractivity contribution in [3.8, 4) is 5.75 Å². The molecule has 2 heterocycles. The summed E-state index contributed by atoms with van der Waals surface area (Å²) in [7, 11) is 0. The number of aromatic nitrogens is 1. The smallest absolute Gasteiger partial charge is 0.314 e. The summed E-state index contributed by atoms with van der Waals surface area (Å²) in [5.41, 5.74) is 7.42. The van der Waals surface area contributed by atoms with Crippen molar-refractivity contribution in [3.63, 3.8) is 0 Å². The first kappa shape index (κ1) is 32.5. The molecular weight excluding hydrogens is 560 g/mol. The third kappa shape index (κ3) is 9.24. The Hall–Kier alpha value is -4.05. The number of phenolic OH excluding ortho intramolecular Hbond substituents is 1. The number of nitrogens with two attached hydrogens (primary N) is 1. The summed E-state index contributed by atoms with van der Waals surface area (Å²) in [6.45, 7) is 4.04. The van der Waals surface area contributed by atoms with Crippen LogP contribution in [0, 0.1) is 6.92 Å². The number of fused-ring (bicyclic) bond motifs is 1. The second-order valence-corrected chi connectivity index (χ2v) is 10.8. The van der Waals surface area contributed by atoms with Gasteiger partial charge in [0.25, 0.3) is 5.91 Å². The zero-order valence-electron chi connectivity index (χ0n) is 23.9. The van der Waals surface area contributed by atoms with E-state index in [1.54, 1.807) is 52.8 Å². The molecule has 3 amide bonds. The first-order chi connectivity index (χ1) is 20.1. The van der Waals surface area contributed by atoms with E-state index in [1.807, 2.05) is 0 Å². The van der Waals surface area contributed by atoms with Gasteiger partial charge >= 0.3 is 12.0 Å². The van der Waals surface area contributed by atoms with Gasteiger partial charge in [-0.05, 0) is 80.6 Å². The van der Waals surface area contributed by atoms with Gasteiger partial charge in [0.15, 0.2) is 0 Å². The summed E-state index contributed by atoms with van der Waals surface area (Å²) in [6, 6.07) is 11.1. The number of carbonyl (C=O) groups excluding carboxylic acids is 3. The van der Waals surface area contributed by atoms with E-state index < -0.39 is 5.97 Å². The molecule has 0 unspecified atom stereocenters. The molecule has 10 nitrogen and oxygen atoms in total. The lowest BCUT2D eigenvalue weighted by Crippen LogP contribution is -2.32. The van der Waals surface area contributed by atoms with E-state index in [1.165, 1.54) is 6.07 Å². The van der Waals surface area contributed by atoms with Gasteiger partial charge < -0.3 is 26.2 Å². The fourth-order valence-corrected chi connectivity index (χ4v) is 5.12. The van der Waals surface area contributed by atoms with Crippen LogP contribution in [0.4, 0.5) is 4.79 Å². The Bertz CT molecular complexity index is 1400. The Kier molecular flexibility index (Phi) is 12.2. The number of unbranched alkanes of at least 4 members (excludes halogenated alkanes) is 4. The number of urea groups is 1. The third-order valence-corrected chi connectivity index (χ3v) is 7.51. The summed E-state index contributed by atoms with van der Waals surface area (Å²) in [5.74, 6) is -1.10. The molecule has 1 aliphatic heterocycles. The lowest BCUT2D eigenvalue weighted by molar-refractivity contribution is -0.137. The Morgan fingerprint density at radius 2 is 1.60 bits per heavy atom. The highest BCUT2D eigenvalue weighted by Gasteiger charge is 2.22. The number of aliphatic carboxylic acids is 1. The molecule has 1 aliphatic rings. The zero-order valence-corrected chi connectivity index (χ0v) is 24.7. The van der Waals surface area contributed by atoms with Crippen LogP contribution in [0.25, 0.3) is 10.9 Å². The number of nitrogens with zero attached hydrogens (tertiary/aromatic N) is 2. The van der Waals surface area contributed by atoms with E-state index in [2.05, 4.69) is 5.32 Å². The predicted molar refractivity (Wildman–Crippen MR) is 162 cm³/mol. The summed E-state index contributed by atoms with van der Waals surface area (Å²) in [4.78, 5) is 48.4. The molecule has 11 heteroatoms. The number of likely N-dealkylation sites (tertiary alicyclic amines) is 1. The van der Waals surface area contributed by atoms with E-state index in [4.69, 9.17) is 22.4 Å². The number of hydrogen-bond donors (Lipinski definition) is 4. The van der Waals surface area contributed by atoms with Crippen LogP contribution in [-0.4, -0.2) is 63.1 Å². The molecule has 4 rings (SSSR count). The molecule has 226 valence electrons. The molecule has 42 heavy (non-hydrogen) atoms. The van der Waals surface area contributed by atoms with Crippen molar-refractivity contribution in [2.24, 2.45) is 5.73 Å². The second-order valence-electron chi connectivity index (χ2n) is 10.4. The number of aromatic hydroxyl groups is 1. The Morgan fingerprint density at radius 1 is 0.952 bits per heavy atom. The normalized spacial score (nSPS) is 12.6. The van der Waals surface area contributed by atoms with Crippen LogP contribution < -0.4 is 11.1 Å². The van der Waals surface area contributed by atoms with E-state index >= 15 is 0 Å². The monoisotopic (exact) mass is 598 g/mol. The van der Waals surface area contributed by atoms with Crippen LogP contribution in [0.5, 0.6) is 5.75 Å². The van der Waals surface area contributed by atoms with Crippen molar-refractivity contribution in [2.75, 3.05) is 19.6 Å². The maximum atomic E-state index is 13.3. The van der Waals surface area contributed by atoms with Crippen LogP contribution >= 0.6 is 11.6 Å². The van der Waals surface area contributed by atoms with Crippen molar-refractivity contribution >= 4 is 46.3 Å². The van der Waals surface area contributed by atoms with Crippen LogP contribution in [0.15, 0.2) is 42.5 Å². The van der Waals surface area contributed by atoms with Gasteiger partial charge in [0.2, 0.25) is 5.91 Å². The number of carboxylic acids is 1. The number of carboxylic acid groups (broad SMARTS) is 1. The number of halogens is 1. The minimum Gasteiger partial charge on any atom is -0.508 e. The van der Waals surface area contributed by atoms with Gasteiger partial charge in [-0.3, -0.25) is 19.0 Å². The Morgan fingerprint density at radius 3 is 2.21 bits per heavy atom. The summed E-state index contributed by atoms with van der Waals surface area (Å²) in [6.07, 6.45) is 6.71. The molecule has 0 radical (unpaired) electrons. The van der Waals surface area contributed by atoms with Crippen LogP contribution in [0.1, 0.15) is 73.0 Å². The lowest BCUT2D eigenvalue weighted by Gasteiger charge is -2.09. The van der Waals surface area contributed by atoms with Crippen molar-refractivity contribution in [2.45, 2.75) is 64.7 Å². The number of benzene rings is 2. The molecule has 1 fully saturated rings. The number of amides is 3. The predicted octanol–water partition coefficient (Wildman–Crippen LogP) is 5.24. The first-order valence-electron chi connectivity index (χ1n) is 14.2. The summed E-state index contributed by atoms with van der Waals surface area (Å²) < 4.78 is 1.57. The largest absolute Gasteiger partial charge is 0.508 e. The van der Waals surface area contributed by atoms with E-state index in [0.29, 0.717) is 45.7 Å². The van der Waals surface area contributed by atoms with Gasteiger partial charge in [0.05, 0.1) is 11.9 Å². The number of primary amides is 1. The van der Waals surface area contributed by atoms with Gasteiger partial charge in [-0.25, -0.2) is 4.79 Å². The highest BCUT2D eigenvalue weighted by Crippen LogP contribution is 2.30. The lowest BCUT2D eigenvalue weighted by atomic mass is 10.1. The number of nitrogens with one attached hydrogen (secondary N) is 1. The molecule has 0 saturated carbocycles. The summed E-state index contributed by atoms with van der Waals surface area (Å²) in [5, 5.41) is 22.8. The quantitative estimate of drug-likeness (QED) is 0.221. The van der Waals surface area contributed by atoms with Crippen LogP contribution in [-0.2, 0) is 16.0 Å². The molecular formula is C31H39ClN4O6. The van der Waals surface area contributed by atoms with Crippen molar-refractivity contribution in [3.05, 3.63) is 64.3 Å². The molecule has 5 N–H and O–H groups in total. The van der Waals surface area contributed by atoms with Gasteiger partial charge in [-0.1, -0.05) is 30.9 Å². The van der Waals surface area contributed by atoms with Gasteiger partial charge in [-0.2, -0.15) is 0 Å². The minimum atomic E-state index is -0.771. The number of carbonyl (C=O) groups is 4. The van der Waals surface area contributed by atoms with Crippen molar-refractivity contribution in [1.82, 2.24) is 14.8 Å². The highest BCUT2D eigenvalue weighted by atomic mass is 35.5. The van der Waals surface area contributed by atoms with E-state index in [9.17, 15) is 24.3 Å². The van der Waals surface area contributed by atoms with Gasteiger partial charge in [-0.15, -0.1) is 0 Å². The molecule has 0 atom stereocenters. The zero-order chi connectivity index (χ0) is 30.6. The first-order valence-corrected chi connectivity index (χ1v) is 14.6.